The third-order valence-corrected chi connectivity index (χ3v) is 6.18. The summed E-state index contributed by atoms with van der Waals surface area (Å²) in [6.07, 6.45) is -1.95. The van der Waals surface area contributed by atoms with Crippen molar-refractivity contribution in [3.8, 4) is 45.8 Å². The third-order valence-electron chi connectivity index (χ3n) is 6.18. The third kappa shape index (κ3) is 7.73. The van der Waals surface area contributed by atoms with Gasteiger partial charge in [-0.15, -0.1) is 13.2 Å². The number of benzene rings is 2. The van der Waals surface area contributed by atoms with Gasteiger partial charge >= 0.3 is 18.3 Å². The number of carboxylic acid groups (broad SMARTS) is 1. The Labute approximate surface area is 245 Å². The number of ether oxygens (including phenoxy) is 4. The fourth-order valence-electron chi connectivity index (χ4n) is 3.83. The van der Waals surface area contributed by atoms with Gasteiger partial charge in [-0.05, 0) is 89.1 Å². The highest BCUT2D eigenvalue weighted by molar-refractivity contribution is 5.77. The van der Waals surface area contributed by atoms with E-state index in [1.807, 2.05) is 13.8 Å². The van der Waals surface area contributed by atoms with Crippen molar-refractivity contribution in [2.75, 3.05) is 0 Å². The van der Waals surface area contributed by atoms with E-state index in [-0.39, 0.29) is 36.1 Å². The first-order valence-corrected chi connectivity index (χ1v) is 13.1. The first kappa shape index (κ1) is 31.1. The molecule has 1 N–H and O–H groups in total. The number of halogens is 3. The number of carboxylic acids is 1. The molecule has 0 spiro atoms. The lowest BCUT2D eigenvalue weighted by Crippen LogP contribution is -2.38. The van der Waals surface area contributed by atoms with Gasteiger partial charge in [0, 0.05) is 23.5 Å². The van der Waals surface area contributed by atoms with Crippen LogP contribution in [0, 0.1) is 13.8 Å². The maximum atomic E-state index is 12.7. The molecule has 0 saturated heterocycles. The van der Waals surface area contributed by atoms with Gasteiger partial charge in [0.15, 0.2) is 18.0 Å². The molecule has 2 aromatic heterocycles. The quantitative estimate of drug-likeness (QED) is 0.194. The van der Waals surface area contributed by atoms with Crippen molar-refractivity contribution in [3.63, 3.8) is 0 Å². The molecule has 4 aromatic rings. The van der Waals surface area contributed by atoms with Crippen molar-refractivity contribution in [3.05, 3.63) is 65.8 Å². The Morgan fingerprint density at radius 1 is 0.930 bits per heavy atom. The smallest absolute Gasteiger partial charge is 0.484 e. The summed E-state index contributed by atoms with van der Waals surface area (Å²) in [6, 6.07) is 8.62. The monoisotopic (exact) mass is 601 g/mol. The summed E-state index contributed by atoms with van der Waals surface area (Å²) in [6.45, 7) is 10.1. The van der Waals surface area contributed by atoms with Crippen LogP contribution in [0.4, 0.5) is 13.2 Å². The van der Waals surface area contributed by atoms with E-state index in [2.05, 4.69) is 19.7 Å². The molecule has 4 rings (SSSR count). The average molecular weight is 602 g/mol. The van der Waals surface area contributed by atoms with Crippen molar-refractivity contribution in [2.24, 2.45) is 0 Å². The number of rotatable bonds is 11. The molecule has 2 aromatic carbocycles. The summed E-state index contributed by atoms with van der Waals surface area (Å²) >= 11 is 0. The first-order chi connectivity index (χ1) is 20.1. The van der Waals surface area contributed by atoms with Crippen molar-refractivity contribution in [1.29, 1.82) is 0 Å². The van der Waals surface area contributed by atoms with E-state index >= 15 is 0 Å². The number of hydrogen-bond acceptors (Lipinski definition) is 9. The van der Waals surface area contributed by atoms with E-state index in [0.717, 1.165) is 5.56 Å². The molecule has 228 valence electrons. The van der Waals surface area contributed by atoms with Crippen LogP contribution in [0.15, 0.2) is 53.2 Å². The summed E-state index contributed by atoms with van der Waals surface area (Å²) in [7, 11) is 0. The van der Waals surface area contributed by atoms with Crippen LogP contribution in [-0.4, -0.2) is 44.1 Å². The summed E-state index contributed by atoms with van der Waals surface area (Å²) < 4.78 is 65.1. The summed E-state index contributed by atoms with van der Waals surface area (Å²) in [5.74, 6) is -0.162. The molecule has 10 nitrogen and oxygen atoms in total. The summed E-state index contributed by atoms with van der Waals surface area (Å²) in [5, 5.41) is 9.39. The zero-order valence-electron chi connectivity index (χ0n) is 24.3. The van der Waals surface area contributed by atoms with Gasteiger partial charge in [0.2, 0.25) is 5.89 Å². The zero-order valence-corrected chi connectivity index (χ0v) is 24.3. The number of aromatic nitrogens is 3. The Morgan fingerprint density at radius 2 is 1.53 bits per heavy atom. The Morgan fingerprint density at radius 3 is 2.12 bits per heavy atom. The highest BCUT2D eigenvalue weighted by Crippen LogP contribution is 2.36. The van der Waals surface area contributed by atoms with Crippen molar-refractivity contribution in [2.45, 2.75) is 66.2 Å². The van der Waals surface area contributed by atoms with Gasteiger partial charge in [0.1, 0.15) is 22.9 Å². The maximum absolute atomic E-state index is 12.7. The minimum Gasteiger partial charge on any atom is -0.484 e. The van der Waals surface area contributed by atoms with Gasteiger partial charge in [-0.1, -0.05) is 0 Å². The fraction of sp³-hybridized carbons (Fsp3) is 0.333. The second kappa shape index (κ2) is 12.2. The lowest BCUT2D eigenvalue weighted by atomic mass is 10.1. The van der Waals surface area contributed by atoms with Gasteiger partial charge < -0.3 is 28.5 Å². The van der Waals surface area contributed by atoms with Crippen LogP contribution in [0.1, 0.15) is 44.7 Å². The van der Waals surface area contributed by atoms with Gasteiger partial charge in [0.25, 0.3) is 0 Å². The van der Waals surface area contributed by atoms with Crippen LogP contribution in [0.3, 0.4) is 0 Å². The fourth-order valence-corrected chi connectivity index (χ4v) is 3.83. The minimum absolute atomic E-state index is 0.0984. The first-order valence-electron chi connectivity index (χ1n) is 13.1. The number of aliphatic carboxylic acids is 1. The van der Waals surface area contributed by atoms with Crippen molar-refractivity contribution in [1.82, 2.24) is 15.0 Å². The molecule has 0 saturated carbocycles. The number of oxazole rings is 1. The van der Waals surface area contributed by atoms with Gasteiger partial charge in [-0.3, -0.25) is 0 Å². The molecule has 0 bridgehead atoms. The van der Waals surface area contributed by atoms with E-state index in [1.165, 1.54) is 50.5 Å². The molecule has 0 amide bonds. The average Bonchev–Trinajstić information content (AvgIpc) is 3.34. The molecule has 0 aliphatic heterocycles. The molecule has 0 fully saturated rings. The van der Waals surface area contributed by atoms with E-state index < -0.39 is 17.9 Å². The van der Waals surface area contributed by atoms with Crippen molar-refractivity contribution >= 4 is 5.97 Å². The molecule has 13 heteroatoms. The Balaban J connectivity index is 1.63. The largest absolute Gasteiger partial charge is 0.573 e. The highest BCUT2D eigenvalue weighted by Gasteiger charge is 2.32. The standard InChI is InChI=1S/C30H30F3N3O7/c1-16(2)40-28-34-13-20(14-35-28)25-26(19-7-9-21(10-8-19)42-30(31,32)33)41-24(36-25)15-39-22-11-12-23(18(4)17(22)3)43-29(5,6)27(37)38/h7-14,16H,15H2,1-6H3,(H,37,38). The topological polar surface area (TPSA) is 126 Å². The molecule has 0 radical (unpaired) electrons. The molecule has 0 aliphatic carbocycles. The van der Waals surface area contributed by atoms with Crippen LogP contribution in [0.25, 0.3) is 22.6 Å². The van der Waals surface area contributed by atoms with E-state index in [0.29, 0.717) is 33.9 Å². The second-order valence-corrected chi connectivity index (χ2v) is 10.3. The molecule has 0 unspecified atom stereocenters. The van der Waals surface area contributed by atoms with Crippen LogP contribution in [0.5, 0.6) is 23.3 Å². The lowest BCUT2D eigenvalue weighted by Gasteiger charge is -2.24. The number of carbonyl (C=O) groups is 1. The van der Waals surface area contributed by atoms with Crippen LogP contribution in [0.2, 0.25) is 0 Å². The van der Waals surface area contributed by atoms with Gasteiger partial charge in [0.05, 0.1) is 6.10 Å². The predicted octanol–water partition coefficient (Wildman–Crippen LogP) is 6.92. The van der Waals surface area contributed by atoms with E-state index in [1.54, 1.807) is 26.0 Å². The van der Waals surface area contributed by atoms with Gasteiger partial charge in [-0.2, -0.15) is 0 Å². The molecule has 2 heterocycles. The number of hydrogen-bond donors (Lipinski definition) is 1. The van der Waals surface area contributed by atoms with E-state index in [4.69, 9.17) is 18.6 Å². The van der Waals surface area contributed by atoms with E-state index in [9.17, 15) is 23.1 Å². The molecule has 43 heavy (non-hydrogen) atoms. The Hall–Kier alpha value is -4.81. The Kier molecular flexibility index (Phi) is 8.83. The molecule has 0 aliphatic rings. The normalized spacial score (nSPS) is 11.9. The zero-order chi connectivity index (χ0) is 31.5. The SMILES string of the molecule is Cc1c(OCc2nc(-c3cnc(OC(C)C)nc3)c(-c3ccc(OC(F)(F)F)cc3)o2)ccc(OC(C)(C)C(=O)O)c1C. The summed E-state index contributed by atoms with van der Waals surface area (Å²) in [5.41, 5.74) is 1.24. The van der Waals surface area contributed by atoms with Crippen LogP contribution in [-0.2, 0) is 11.4 Å². The maximum Gasteiger partial charge on any atom is 0.573 e. The molecular weight excluding hydrogens is 571 g/mol. The second-order valence-electron chi connectivity index (χ2n) is 10.3. The predicted molar refractivity (Wildman–Crippen MR) is 148 cm³/mol. The number of alkyl halides is 3. The summed E-state index contributed by atoms with van der Waals surface area (Å²) in [4.78, 5) is 24.5. The van der Waals surface area contributed by atoms with Crippen molar-refractivity contribution < 1.29 is 46.4 Å². The molecule has 0 atom stereocenters. The Bertz CT molecular complexity index is 1580. The lowest BCUT2D eigenvalue weighted by molar-refractivity contribution is -0.274. The van der Waals surface area contributed by atoms with Crippen LogP contribution < -0.4 is 18.9 Å². The minimum atomic E-state index is -4.83. The molecular formula is C30H30F3N3O7. The van der Waals surface area contributed by atoms with Gasteiger partial charge in [-0.25, -0.2) is 19.7 Å². The van der Waals surface area contributed by atoms with Crippen LogP contribution >= 0.6 is 0 Å². The highest BCUT2D eigenvalue weighted by atomic mass is 19.4. The number of nitrogens with zero attached hydrogens (tertiary/aromatic N) is 3.